The zero-order chi connectivity index (χ0) is 43.6. The highest BCUT2D eigenvalue weighted by atomic mass is 16.5. The first-order valence-corrected chi connectivity index (χ1v) is 26.9. The molecule has 0 spiro atoms. The Morgan fingerprint density at radius 3 is 1.07 bits per heavy atom. The number of carbonyl (C=O) groups excluding carboxylic acids is 2. The summed E-state index contributed by atoms with van der Waals surface area (Å²) in [7, 11) is 2.21. The van der Waals surface area contributed by atoms with Crippen molar-refractivity contribution in [2.45, 2.75) is 271 Å². The number of hydrogen-bond donors (Lipinski definition) is 0. The first-order chi connectivity index (χ1) is 29.4. The van der Waals surface area contributed by atoms with Gasteiger partial charge in [-0.3, -0.25) is 9.59 Å². The van der Waals surface area contributed by atoms with Crippen LogP contribution in [0.3, 0.4) is 0 Å². The van der Waals surface area contributed by atoms with Gasteiger partial charge in [-0.25, -0.2) is 0 Å². The first-order valence-electron chi connectivity index (χ1n) is 26.9. The maximum absolute atomic E-state index is 13.5. The van der Waals surface area contributed by atoms with Crippen molar-refractivity contribution in [1.29, 1.82) is 0 Å². The summed E-state index contributed by atoms with van der Waals surface area (Å²) in [6.07, 6.45) is 43.1. The number of piperazine rings is 1. The molecule has 60 heavy (non-hydrogen) atoms. The molecule has 2 unspecified atom stereocenters. The maximum Gasteiger partial charge on any atom is 0.307 e. The van der Waals surface area contributed by atoms with Crippen LogP contribution in [0.15, 0.2) is 0 Å². The third-order valence-electron chi connectivity index (χ3n) is 13.2. The van der Waals surface area contributed by atoms with E-state index in [1.165, 1.54) is 154 Å². The van der Waals surface area contributed by atoms with Crippen molar-refractivity contribution in [3.8, 4) is 0 Å². The van der Waals surface area contributed by atoms with Gasteiger partial charge in [0.05, 0.1) is 12.8 Å². The van der Waals surface area contributed by atoms with Gasteiger partial charge in [0.2, 0.25) is 0 Å². The molecule has 356 valence electrons. The fourth-order valence-corrected chi connectivity index (χ4v) is 8.91. The van der Waals surface area contributed by atoms with Gasteiger partial charge in [-0.05, 0) is 84.3 Å². The minimum atomic E-state index is -0.0556. The van der Waals surface area contributed by atoms with E-state index in [4.69, 9.17) is 9.47 Å². The van der Waals surface area contributed by atoms with Gasteiger partial charge < -0.3 is 24.2 Å². The lowest BCUT2D eigenvalue weighted by atomic mass is 10.0. The molecule has 7 heteroatoms. The number of unbranched alkanes of at least 4 members (excludes halogenated alkanes) is 25. The Kier molecular flexibility index (Phi) is 40.8. The second-order valence-electron chi connectivity index (χ2n) is 19.1. The molecular formula is C53H105N3O4. The molecule has 0 radical (unpaired) electrons. The molecule has 0 aromatic carbocycles. The minimum Gasteiger partial charge on any atom is -0.462 e. The lowest BCUT2D eigenvalue weighted by Gasteiger charge is -2.32. The third kappa shape index (κ3) is 36.3. The Morgan fingerprint density at radius 1 is 0.417 bits per heavy atom. The van der Waals surface area contributed by atoms with Gasteiger partial charge in [-0.1, -0.05) is 182 Å². The zero-order valence-electron chi connectivity index (χ0n) is 41.2. The van der Waals surface area contributed by atoms with E-state index in [0.29, 0.717) is 25.9 Å². The van der Waals surface area contributed by atoms with Crippen LogP contribution in [0.5, 0.6) is 0 Å². The van der Waals surface area contributed by atoms with Crippen LogP contribution in [0, 0.1) is 0 Å². The predicted molar refractivity (Wildman–Crippen MR) is 259 cm³/mol. The van der Waals surface area contributed by atoms with Gasteiger partial charge in [0.1, 0.15) is 12.2 Å². The summed E-state index contributed by atoms with van der Waals surface area (Å²) in [5, 5.41) is 0. The van der Waals surface area contributed by atoms with E-state index in [2.05, 4.69) is 49.4 Å². The average molecular weight is 848 g/mol. The van der Waals surface area contributed by atoms with Gasteiger partial charge in [-0.15, -0.1) is 0 Å². The summed E-state index contributed by atoms with van der Waals surface area (Å²) in [5.41, 5.74) is 0. The molecule has 7 nitrogen and oxygen atoms in total. The van der Waals surface area contributed by atoms with E-state index < -0.39 is 0 Å². The number of ether oxygens (including phenoxy) is 2. The molecule has 1 heterocycles. The highest BCUT2D eigenvalue weighted by Crippen LogP contribution is 2.20. The number of nitrogens with zero attached hydrogens (tertiary/aromatic N) is 3. The van der Waals surface area contributed by atoms with E-state index >= 15 is 0 Å². The topological polar surface area (TPSA) is 62.3 Å². The van der Waals surface area contributed by atoms with Gasteiger partial charge >= 0.3 is 11.9 Å². The molecule has 0 saturated carbocycles. The largest absolute Gasteiger partial charge is 0.462 e. The molecule has 1 saturated heterocycles. The van der Waals surface area contributed by atoms with E-state index in [-0.39, 0.29) is 24.1 Å². The monoisotopic (exact) mass is 848 g/mol. The highest BCUT2D eigenvalue weighted by molar-refractivity contribution is 5.70. The normalized spacial score (nSPS) is 14.8. The smallest absolute Gasteiger partial charge is 0.307 e. The molecule has 0 aliphatic carbocycles. The van der Waals surface area contributed by atoms with E-state index in [1.54, 1.807) is 0 Å². The fraction of sp³-hybridized carbons (Fsp3) is 0.962. The quantitative estimate of drug-likeness (QED) is 0.0447. The van der Waals surface area contributed by atoms with Crippen molar-refractivity contribution in [1.82, 2.24) is 14.7 Å². The lowest BCUT2D eigenvalue weighted by Crippen LogP contribution is -2.44. The maximum atomic E-state index is 13.5. The van der Waals surface area contributed by atoms with Gasteiger partial charge in [0.15, 0.2) is 0 Å². The number of likely N-dealkylation sites (N-methyl/N-ethyl adjacent to an activating group) is 1. The summed E-state index contributed by atoms with van der Waals surface area (Å²) < 4.78 is 12.5. The Balaban J connectivity index is 2.75. The predicted octanol–water partition coefficient (Wildman–Crippen LogP) is 14.5. The van der Waals surface area contributed by atoms with Crippen LogP contribution in [-0.2, 0) is 19.1 Å². The molecule has 1 aliphatic heterocycles. The van der Waals surface area contributed by atoms with Crippen LogP contribution in [0.4, 0.5) is 0 Å². The SMILES string of the molecule is CCCCCCCCCCC(CCCCCCCC)OC(=O)CCN(CCCCN1CCN(C)CC1)CCC(=O)OC(CCCCCCCC)CCCCCCCCCC. The van der Waals surface area contributed by atoms with E-state index in [9.17, 15) is 9.59 Å². The van der Waals surface area contributed by atoms with Crippen molar-refractivity contribution in [3.63, 3.8) is 0 Å². The minimum absolute atomic E-state index is 0.0421. The average Bonchev–Trinajstić information content (AvgIpc) is 3.24. The molecule has 0 amide bonds. The van der Waals surface area contributed by atoms with E-state index in [0.717, 1.165) is 103 Å². The van der Waals surface area contributed by atoms with Crippen molar-refractivity contribution < 1.29 is 19.1 Å². The fourth-order valence-electron chi connectivity index (χ4n) is 8.91. The molecule has 1 fully saturated rings. The zero-order valence-corrected chi connectivity index (χ0v) is 41.2. The van der Waals surface area contributed by atoms with Crippen LogP contribution in [0.25, 0.3) is 0 Å². The Morgan fingerprint density at radius 2 is 0.733 bits per heavy atom. The van der Waals surface area contributed by atoms with Crippen LogP contribution in [0.2, 0.25) is 0 Å². The van der Waals surface area contributed by atoms with Crippen LogP contribution in [-0.4, -0.2) is 98.3 Å². The highest BCUT2D eigenvalue weighted by Gasteiger charge is 2.19. The van der Waals surface area contributed by atoms with Crippen molar-refractivity contribution >= 4 is 11.9 Å². The Labute approximate surface area is 375 Å². The van der Waals surface area contributed by atoms with Crippen LogP contribution in [0.1, 0.15) is 259 Å². The molecule has 0 aromatic heterocycles. The first kappa shape index (κ1) is 56.8. The third-order valence-corrected chi connectivity index (χ3v) is 13.2. The number of carbonyl (C=O) groups is 2. The lowest BCUT2D eigenvalue weighted by molar-refractivity contribution is -0.150. The summed E-state index contributed by atoms with van der Waals surface area (Å²) in [6, 6.07) is 0. The Bertz CT molecular complexity index is 868. The number of rotatable bonds is 45. The van der Waals surface area contributed by atoms with Gasteiger partial charge in [0.25, 0.3) is 0 Å². The number of esters is 2. The van der Waals surface area contributed by atoms with Gasteiger partial charge in [-0.2, -0.15) is 0 Å². The van der Waals surface area contributed by atoms with Crippen LogP contribution < -0.4 is 0 Å². The van der Waals surface area contributed by atoms with Crippen molar-refractivity contribution in [2.75, 3.05) is 59.4 Å². The molecular weight excluding hydrogens is 743 g/mol. The number of hydrogen-bond acceptors (Lipinski definition) is 7. The second kappa shape index (κ2) is 43.1. The summed E-state index contributed by atoms with van der Waals surface area (Å²) in [5.74, 6) is -0.111. The molecule has 0 bridgehead atoms. The molecule has 1 aliphatic rings. The van der Waals surface area contributed by atoms with Gasteiger partial charge in [0, 0.05) is 39.3 Å². The second-order valence-corrected chi connectivity index (χ2v) is 19.1. The molecule has 0 aromatic rings. The van der Waals surface area contributed by atoms with Crippen molar-refractivity contribution in [3.05, 3.63) is 0 Å². The summed E-state index contributed by atoms with van der Waals surface area (Å²) >= 11 is 0. The molecule has 0 N–H and O–H groups in total. The summed E-state index contributed by atoms with van der Waals surface area (Å²) in [6.45, 7) is 17.0. The van der Waals surface area contributed by atoms with Crippen molar-refractivity contribution in [2.24, 2.45) is 0 Å². The standard InChI is InChI=1S/C53H105N3O4/c1-6-10-14-18-22-24-28-32-38-50(36-30-26-20-16-12-8-3)59-52(57)40-44-55(42-34-35-43-56-48-46-54(5)47-49-56)45-41-53(58)60-51(37-31-27-21-17-13-9-4)39-33-29-25-23-19-15-11-7-2/h50-51H,6-49H2,1-5H3. The van der Waals surface area contributed by atoms with Crippen LogP contribution >= 0.6 is 0 Å². The molecule has 1 rings (SSSR count). The van der Waals surface area contributed by atoms with E-state index in [1.807, 2.05) is 0 Å². The molecule has 2 atom stereocenters. The Hall–Kier alpha value is -1.18. The summed E-state index contributed by atoms with van der Waals surface area (Å²) in [4.78, 5) is 34.3.